The van der Waals surface area contributed by atoms with Crippen molar-refractivity contribution in [1.82, 2.24) is 4.90 Å². The zero-order valence-electron chi connectivity index (χ0n) is 10.9. The van der Waals surface area contributed by atoms with Crippen LogP contribution in [0.3, 0.4) is 0 Å². The van der Waals surface area contributed by atoms with Crippen molar-refractivity contribution in [2.45, 2.75) is 25.7 Å². The van der Waals surface area contributed by atoms with E-state index in [0.29, 0.717) is 32.7 Å². The lowest BCUT2D eigenvalue weighted by molar-refractivity contribution is -0.142. The smallest absolute Gasteiger partial charge is 0.305 e. The number of carbonyl (C=O) groups is 1. The van der Waals surface area contributed by atoms with Gasteiger partial charge in [0.2, 0.25) is 0 Å². The number of ether oxygens (including phenoxy) is 1. The first kappa shape index (κ1) is 17.3. The lowest BCUT2D eigenvalue weighted by Gasteiger charge is -2.17. The summed E-state index contributed by atoms with van der Waals surface area (Å²) in [5, 5.41) is 25.5. The Kier molecular flexibility index (Phi) is 12.3. The Morgan fingerprint density at radius 1 is 0.944 bits per heavy atom. The van der Waals surface area contributed by atoms with Crippen molar-refractivity contribution in [1.29, 1.82) is 0 Å². The summed E-state index contributed by atoms with van der Waals surface area (Å²) in [4.78, 5) is 12.3. The van der Waals surface area contributed by atoms with Crippen molar-refractivity contribution >= 4 is 5.97 Å². The summed E-state index contributed by atoms with van der Waals surface area (Å²) < 4.78 is 4.76. The quantitative estimate of drug-likeness (QED) is 0.553. The molecule has 3 N–H and O–H groups in total. The molecular formula is C12H25NO5. The topological polar surface area (TPSA) is 90.2 Å². The second-order valence-electron chi connectivity index (χ2n) is 4.04. The SMILES string of the molecule is O=C1CCCCCO1.OCCN(CCO)CCO. The van der Waals surface area contributed by atoms with E-state index in [9.17, 15) is 4.79 Å². The van der Waals surface area contributed by atoms with Gasteiger partial charge in [0.05, 0.1) is 26.4 Å². The van der Waals surface area contributed by atoms with E-state index >= 15 is 0 Å². The van der Waals surface area contributed by atoms with E-state index in [1.54, 1.807) is 4.90 Å². The van der Waals surface area contributed by atoms with Gasteiger partial charge in [0.15, 0.2) is 0 Å². The van der Waals surface area contributed by atoms with Gasteiger partial charge in [0, 0.05) is 26.1 Å². The average molecular weight is 263 g/mol. The van der Waals surface area contributed by atoms with E-state index in [0.717, 1.165) is 19.3 Å². The van der Waals surface area contributed by atoms with E-state index in [1.165, 1.54) is 0 Å². The van der Waals surface area contributed by atoms with E-state index in [4.69, 9.17) is 20.1 Å². The molecule has 1 aliphatic heterocycles. The zero-order valence-corrected chi connectivity index (χ0v) is 10.9. The molecular weight excluding hydrogens is 238 g/mol. The molecule has 0 aromatic rings. The van der Waals surface area contributed by atoms with Crippen molar-refractivity contribution in [2.75, 3.05) is 46.1 Å². The van der Waals surface area contributed by atoms with Gasteiger partial charge in [-0.25, -0.2) is 0 Å². The third kappa shape index (κ3) is 10.5. The number of esters is 1. The van der Waals surface area contributed by atoms with Crippen LogP contribution in [0.25, 0.3) is 0 Å². The van der Waals surface area contributed by atoms with Crippen LogP contribution >= 0.6 is 0 Å². The second kappa shape index (κ2) is 12.8. The van der Waals surface area contributed by atoms with Crippen molar-refractivity contribution in [2.24, 2.45) is 0 Å². The molecule has 0 unspecified atom stereocenters. The summed E-state index contributed by atoms with van der Waals surface area (Å²) in [6, 6.07) is 0. The standard InChI is InChI=1S/C6H15NO3.C6H10O2/c8-4-1-7(2-5-9)3-6-10;7-6-4-2-1-3-5-8-6/h8-10H,1-6H2;1-5H2. The number of cyclic esters (lactones) is 1. The Morgan fingerprint density at radius 2 is 1.50 bits per heavy atom. The molecule has 18 heavy (non-hydrogen) atoms. The Balaban J connectivity index is 0.000000327. The molecule has 6 heteroatoms. The average Bonchev–Trinajstić information content (AvgIpc) is 2.59. The molecule has 0 spiro atoms. The minimum absolute atomic E-state index is 0.0255. The molecule has 1 aliphatic rings. The number of hydrogen-bond acceptors (Lipinski definition) is 6. The lowest BCUT2D eigenvalue weighted by Crippen LogP contribution is -2.32. The number of rotatable bonds is 6. The van der Waals surface area contributed by atoms with Gasteiger partial charge in [0.1, 0.15) is 0 Å². The van der Waals surface area contributed by atoms with Gasteiger partial charge in [0.25, 0.3) is 0 Å². The number of hydrogen-bond donors (Lipinski definition) is 3. The van der Waals surface area contributed by atoms with Crippen LogP contribution in [0.4, 0.5) is 0 Å². The molecule has 6 nitrogen and oxygen atoms in total. The largest absolute Gasteiger partial charge is 0.466 e. The Hall–Kier alpha value is -0.690. The summed E-state index contributed by atoms with van der Waals surface area (Å²) in [5.41, 5.74) is 0. The summed E-state index contributed by atoms with van der Waals surface area (Å²) in [5.74, 6) is -0.0255. The molecule has 0 bridgehead atoms. The van der Waals surface area contributed by atoms with Crippen LogP contribution in [0.5, 0.6) is 0 Å². The summed E-state index contributed by atoms with van der Waals surface area (Å²) in [7, 11) is 0. The van der Waals surface area contributed by atoms with Crippen LogP contribution in [0, 0.1) is 0 Å². The molecule has 1 heterocycles. The van der Waals surface area contributed by atoms with Crippen LogP contribution in [0.15, 0.2) is 0 Å². The summed E-state index contributed by atoms with van der Waals surface area (Å²) in [6.07, 6.45) is 3.83. The van der Waals surface area contributed by atoms with E-state index < -0.39 is 0 Å². The van der Waals surface area contributed by atoms with Crippen molar-refractivity contribution < 1.29 is 24.9 Å². The monoisotopic (exact) mass is 263 g/mol. The number of aliphatic hydroxyl groups is 3. The first-order valence-corrected chi connectivity index (χ1v) is 6.45. The molecule has 0 amide bonds. The van der Waals surface area contributed by atoms with Crippen molar-refractivity contribution in [3.05, 3.63) is 0 Å². The van der Waals surface area contributed by atoms with Crippen LogP contribution in [-0.2, 0) is 9.53 Å². The summed E-state index contributed by atoms with van der Waals surface area (Å²) in [6.45, 7) is 2.39. The zero-order chi connectivity index (χ0) is 13.6. The molecule has 1 saturated heterocycles. The van der Waals surface area contributed by atoms with Gasteiger partial charge >= 0.3 is 5.97 Å². The highest BCUT2D eigenvalue weighted by Crippen LogP contribution is 2.06. The predicted molar refractivity (Wildman–Crippen MR) is 67.1 cm³/mol. The molecule has 0 aromatic heterocycles. The molecule has 1 rings (SSSR count). The van der Waals surface area contributed by atoms with Crippen molar-refractivity contribution in [3.8, 4) is 0 Å². The highest BCUT2D eigenvalue weighted by molar-refractivity contribution is 5.69. The molecule has 0 radical (unpaired) electrons. The highest BCUT2D eigenvalue weighted by atomic mass is 16.5. The van der Waals surface area contributed by atoms with Gasteiger partial charge in [-0.2, -0.15) is 0 Å². The fourth-order valence-corrected chi connectivity index (χ4v) is 1.57. The van der Waals surface area contributed by atoms with Crippen molar-refractivity contribution in [3.63, 3.8) is 0 Å². The number of carbonyl (C=O) groups excluding carboxylic acids is 1. The minimum Gasteiger partial charge on any atom is -0.466 e. The Bertz CT molecular complexity index is 177. The molecule has 1 fully saturated rings. The first-order chi connectivity index (χ1) is 8.74. The maximum atomic E-state index is 10.5. The maximum Gasteiger partial charge on any atom is 0.305 e. The second-order valence-corrected chi connectivity index (χ2v) is 4.04. The van der Waals surface area contributed by atoms with Gasteiger partial charge in [-0.3, -0.25) is 9.69 Å². The van der Waals surface area contributed by atoms with Crippen LogP contribution < -0.4 is 0 Å². The van der Waals surface area contributed by atoms with Gasteiger partial charge in [-0.05, 0) is 19.3 Å². The number of nitrogens with zero attached hydrogens (tertiary/aromatic N) is 1. The fourth-order valence-electron chi connectivity index (χ4n) is 1.57. The van der Waals surface area contributed by atoms with E-state index in [-0.39, 0.29) is 25.8 Å². The van der Waals surface area contributed by atoms with E-state index in [1.807, 2.05) is 0 Å². The Labute approximate surface area is 108 Å². The summed E-state index contributed by atoms with van der Waals surface area (Å²) >= 11 is 0. The normalized spacial score (nSPS) is 15.7. The van der Waals surface area contributed by atoms with Gasteiger partial charge in [-0.1, -0.05) is 0 Å². The molecule has 0 aromatic carbocycles. The Morgan fingerprint density at radius 3 is 2.00 bits per heavy atom. The molecule has 0 saturated carbocycles. The predicted octanol–water partition coefficient (Wildman–Crippen LogP) is -0.631. The first-order valence-electron chi connectivity index (χ1n) is 6.45. The third-order valence-corrected chi connectivity index (χ3v) is 2.54. The van der Waals surface area contributed by atoms with Crippen LogP contribution in [0.1, 0.15) is 25.7 Å². The van der Waals surface area contributed by atoms with Crippen LogP contribution in [0.2, 0.25) is 0 Å². The molecule has 0 aliphatic carbocycles. The van der Waals surface area contributed by atoms with Crippen LogP contribution in [-0.4, -0.2) is 72.3 Å². The molecule has 0 atom stereocenters. The van der Waals surface area contributed by atoms with E-state index in [2.05, 4.69) is 0 Å². The molecule has 108 valence electrons. The van der Waals surface area contributed by atoms with Gasteiger partial charge < -0.3 is 20.1 Å². The minimum atomic E-state index is -0.0255. The number of aliphatic hydroxyl groups excluding tert-OH is 3. The fraction of sp³-hybridized carbons (Fsp3) is 0.917. The maximum absolute atomic E-state index is 10.5. The highest BCUT2D eigenvalue weighted by Gasteiger charge is 2.05. The lowest BCUT2D eigenvalue weighted by atomic mass is 10.2. The van der Waals surface area contributed by atoms with Gasteiger partial charge in [-0.15, -0.1) is 0 Å². The third-order valence-electron chi connectivity index (χ3n) is 2.54.